The Morgan fingerprint density at radius 1 is 1.64 bits per heavy atom. The summed E-state index contributed by atoms with van der Waals surface area (Å²) in [5, 5.41) is 3.65. The van der Waals surface area contributed by atoms with Crippen LogP contribution in [0.4, 0.5) is 0 Å². The minimum atomic E-state index is 0.361. The van der Waals surface area contributed by atoms with Crippen LogP contribution < -0.4 is 0 Å². The third-order valence-corrected chi connectivity index (χ3v) is 3.32. The molecule has 2 fully saturated rings. The maximum Gasteiger partial charge on any atom is 0.0968 e. The lowest BCUT2D eigenvalue weighted by Gasteiger charge is -2.31. The molecular formula is C9H15N5. The average molecular weight is 193 g/mol. The Balaban J connectivity index is 2.09. The lowest BCUT2D eigenvalue weighted by Crippen LogP contribution is -2.39. The summed E-state index contributed by atoms with van der Waals surface area (Å²) in [6.45, 7) is 5.66. The zero-order valence-electron chi connectivity index (χ0n) is 8.43. The molecule has 2 heterocycles. The van der Waals surface area contributed by atoms with Crippen LogP contribution in [0.25, 0.3) is 10.4 Å². The zero-order chi connectivity index (χ0) is 10.1. The fraction of sp³-hybridized carbons (Fsp3) is 0.778. The monoisotopic (exact) mass is 193 g/mol. The first-order valence-electron chi connectivity index (χ1n) is 4.93. The predicted molar refractivity (Wildman–Crippen MR) is 54.4 cm³/mol. The van der Waals surface area contributed by atoms with Crippen molar-refractivity contribution in [2.45, 2.75) is 24.9 Å². The Morgan fingerprint density at radius 3 is 3.14 bits per heavy atom. The summed E-state index contributed by atoms with van der Waals surface area (Å²) < 4.78 is 0. The molecular weight excluding hydrogens is 178 g/mol. The number of nitrogens with zero attached hydrogens (tertiary/aromatic N) is 5. The van der Waals surface area contributed by atoms with Crippen LogP contribution in [0.3, 0.4) is 0 Å². The Hall–Kier alpha value is -1.35. The molecule has 2 atom stereocenters. The van der Waals surface area contributed by atoms with Gasteiger partial charge in [0.2, 0.25) is 0 Å². The molecule has 2 aliphatic rings. The van der Waals surface area contributed by atoms with Gasteiger partial charge in [-0.25, -0.2) is 0 Å². The maximum atomic E-state index is 8.29. The quantitative estimate of drug-likeness (QED) is 0.379. The summed E-state index contributed by atoms with van der Waals surface area (Å²) in [6, 6.07) is 0.976. The van der Waals surface area contributed by atoms with Crippen LogP contribution in [-0.4, -0.2) is 42.0 Å². The number of hydrogen-bond acceptors (Lipinski definition) is 3. The molecule has 0 aromatic heterocycles. The first kappa shape index (κ1) is 9.21. The van der Waals surface area contributed by atoms with E-state index in [0.29, 0.717) is 18.6 Å². The van der Waals surface area contributed by atoms with Crippen LogP contribution in [-0.2, 0) is 0 Å². The highest BCUT2D eigenvalue weighted by molar-refractivity contribution is 5.09. The molecule has 0 N–H and O–H groups in total. The molecule has 0 saturated carbocycles. The molecule has 5 nitrogen and oxygen atoms in total. The number of piperidine rings is 1. The molecule has 2 rings (SSSR count). The summed E-state index contributed by atoms with van der Waals surface area (Å²) >= 11 is 0. The van der Waals surface area contributed by atoms with E-state index in [4.69, 9.17) is 5.53 Å². The van der Waals surface area contributed by atoms with Crippen molar-refractivity contribution in [3.8, 4) is 0 Å². The molecule has 2 saturated heterocycles. The van der Waals surface area contributed by atoms with E-state index in [2.05, 4.69) is 33.5 Å². The normalized spacial score (nSPS) is 30.5. The molecule has 76 valence electrons. The van der Waals surface area contributed by atoms with Gasteiger partial charge in [-0.3, -0.25) is 0 Å². The summed E-state index contributed by atoms with van der Waals surface area (Å²) in [7, 11) is 2.09. The van der Waals surface area contributed by atoms with Gasteiger partial charge < -0.3 is 9.80 Å². The van der Waals surface area contributed by atoms with Crippen molar-refractivity contribution in [1.29, 1.82) is 0 Å². The van der Waals surface area contributed by atoms with Crippen molar-refractivity contribution in [1.82, 2.24) is 9.80 Å². The molecule has 0 unspecified atom stereocenters. The molecule has 0 aromatic rings. The Labute approximate surface area is 83.6 Å². The lowest BCUT2D eigenvalue weighted by molar-refractivity contribution is 0.229. The van der Waals surface area contributed by atoms with Gasteiger partial charge >= 0.3 is 0 Å². The van der Waals surface area contributed by atoms with E-state index in [1.807, 2.05) is 0 Å². The zero-order valence-corrected chi connectivity index (χ0v) is 8.43. The van der Waals surface area contributed by atoms with Crippen LogP contribution in [0.15, 0.2) is 17.5 Å². The smallest absolute Gasteiger partial charge is 0.0968 e. The number of azide groups is 1. The molecule has 2 bridgehead atoms. The second kappa shape index (κ2) is 3.42. The van der Waals surface area contributed by atoms with Gasteiger partial charge in [-0.2, -0.15) is 0 Å². The van der Waals surface area contributed by atoms with Gasteiger partial charge in [0.1, 0.15) is 0 Å². The van der Waals surface area contributed by atoms with Crippen LogP contribution in [0.5, 0.6) is 0 Å². The van der Waals surface area contributed by atoms with Crippen molar-refractivity contribution in [3.05, 3.63) is 22.8 Å². The minimum absolute atomic E-state index is 0.361. The number of rotatable bonds is 2. The Kier molecular flexibility index (Phi) is 2.25. The van der Waals surface area contributed by atoms with E-state index in [9.17, 15) is 0 Å². The number of hydrogen-bond donors (Lipinski definition) is 0. The predicted octanol–water partition coefficient (Wildman–Crippen LogP) is 1.55. The van der Waals surface area contributed by atoms with Crippen molar-refractivity contribution in [3.63, 3.8) is 0 Å². The topological polar surface area (TPSA) is 55.2 Å². The van der Waals surface area contributed by atoms with Crippen LogP contribution in [0.1, 0.15) is 12.8 Å². The van der Waals surface area contributed by atoms with E-state index in [-0.39, 0.29) is 0 Å². The van der Waals surface area contributed by atoms with E-state index in [1.54, 1.807) is 0 Å². The van der Waals surface area contributed by atoms with Crippen molar-refractivity contribution in [2.24, 2.45) is 5.11 Å². The molecule has 0 aromatic carbocycles. The van der Waals surface area contributed by atoms with Gasteiger partial charge in [-0.15, -0.1) is 0 Å². The largest absolute Gasteiger partial charge is 0.357 e. The third-order valence-electron chi connectivity index (χ3n) is 3.32. The van der Waals surface area contributed by atoms with Crippen molar-refractivity contribution >= 4 is 0 Å². The highest BCUT2D eigenvalue weighted by atomic mass is 15.4. The fourth-order valence-corrected chi connectivity index (χ4v) is 2.37. The third kappa shape index (κ3) is 1.30. The SMILES string of the molecule is C=C1N(C)[C@H]2CC[C@@H](CN=[N+]=[N-])N1C2. The molecule has 0 radical (unpaired) electrons. The maximum absolute atomic E-state index is 8.29. The van der Waals surface area contributed by atoms with E-state index in [1.165, 1.54) is 6.42 Å². The summed E-state index contributed by atoms with van der Waals surface area (Å²) in [5.74, 6) is 1.07. The van der Waals surface area contributed by atoms with Crippen LogP contribution in [0.2, 0.25) is 0 Å². The van der Waals surface area contributed by atoms with Crippen LogP contribution in [0, 0.1) is 0 Å². The van der Waals surface area contributed by atoms with Gasteiger partial charge in [-0.1, -0.05) is 11.7 Å². The molecule has 0 aliphatic carbocycles. The molecule has 14 heavy (non-hydrogen) atoms. The molecule has 0 amide bonds. The van der Waals surface area contributed by atoms with E-state index < -0.39 is 0 Å². The van der Waals surface area contributed by atoms with Gasteiger partial charge in [-0.05, 0) is 18.4 Å². The van der Waals surface area contributed by atoms with Gasteiger partial charge in [0, 0.05) is 37.1 Å². The summed E-state index contributed by atoms with van der Waals surface area (Å²) in [4.78, 5) is 7.31. The molecule has 0 spiro atoms. The van der Waals surface area contributed by atoms with Gasteiger partial charge in [0.15, 0.2) is 0 Å². The standard InChI is InChI=1S/C9H15N5/c1-7-13(2)9-4-3-8(5-11-12-10)14(7)6-9/h8-9H,1,3-6H2,2H3/t8-,9-/m0/s1. The molecule has 5 heteroatoms. The van der Waals surface area contributed by atoms with Gasteiger partial charge in [0.05, 0.1) is 5.82 Å². The highest BCUT2D eigenvalue weighted by Gasteiger charge is 2.38. The summed E-state index contributed by atoms with van der Waals surface area (Å²) in [6.07, 6.45) is 2.28. The van der Waals surface area contributed by atoms with E-state index in [0.717, 1.165) is 18.8 Å². The number of fused-ring (bicyclic) bond motifs is 2. The first-order chi connectivity index (χ1) is 6.74. The first-order valence-corrected chi connectivity index (χ1v) is 4.93. The highest BCUT2D eigenvalue weighted by Crippen LogP contribution is 2.32. The second-order valence-electron chi connectivity index (χ2n) is 3.98. The number of likely N-dealkylation sites (N-methyl/N-ethyl adjacent to an activating group) is 1. The lowest BCUT2D eigenvalue weighted by atomic mass is 10.0. The molecule has 2 aliphatic heterocycles. The minimum Gasteiger partial charge on any atom is -0.357 e. The second-order valence-corrected chi connectivity index (χ2v) is 3.98. The van der Waals surface area contributed by atoms with Crippen molar-refractivity contribution in [2.75, 3.05) is 20.1 Å². The Bertz CT molecular complexity index is 294. The van der Waals surface area contributed by atoms with E-state index >= 15 is 0 Å². The van der Waals surface area contributed by atoms with Crippen LogP contribution >= 0.6 is 0 Å². The summed E-state index contributed by atoms with van der Waals surface area (Å²) in [5.41, 5.74) is 8.29. The van der Waals surface area contributed by atoms with Crippen molar-refractivity contribution < 1.29 is 0 Å². The fourth-order valence-electron chi connectivity index (χ4n) is 2.37. The Morgan fingerprint density at radius 2 is 2.43 bits per heavy atom. The average Bonchev–Trinajstić information content (AvgIpc) is 2.44. The van der Waals surface area contributed by atoms with Gasteiger partial charge in [0.25, 0.3) is 0 Å².